The van der Waals surface area contributed by atoms with Gasteiger partial charge >= 0.3 is 0 Å². The average Bonchev–Trinajstić information content (AvgIpc) is 2.49. The minimum atomic E-state index is 0.303. The van der Waals surface area contributed by atoms with Gasteiger partial charge in [-0.2, -0.15) is 0 Å². The van der Waals surface area contributed by atoms with E-state index in [0.717, 1.165) is 36.2 Å². The second-order valence-corrected chi connectivity index (χ2v) is 5.23. The molecule has 112 valence electrons. The van der Waals surface area contributed by atoms with Gasteiger partial charge in [-0.3, -0.25) is 0 Å². The standard InChI is InChI=1S/C17H24N4/c1-5-18-15-12-16(20-17(19-15)13(3)4)21(6-2)14-10-8-7-9-11-14/h7-13H,5-6H2,1-4H3,(H,18,19,20). The highest BCUT2D eigenvalue weighted by Crippen LogP contribution is 2.26. The van der Waals surface area contributed by atoms with Crippen molar-refractivity contribution >= 4 is 17.3 Å². The maximum absolute atomic E-state index is 4.74. The molecular formula is C17H24N4. The van der Waals surface area contributed by atoms with Crippen LogP contribution in [-0.4, -0.2) is 23.1 Å². The summed E-state index contributed by atoms with van der Waals surface area (Å²) in [6.45, 7) is 10.2. The van der Waals surface area contributed by atoms with E-state index in [0.29, 0.717) is 5.92 Å². The van der Waals surface area contributed by atoms with Gasteiger partial charge in [-0.05, 0) is 26.0 Å². The van der Waals surface area contributed by atoms with Crippen LogP contribution in [0, 0.1) is 0 Å². The number of para-hydroxylation sites is 1. The molecule has 0 aliphatic heterocycles. The van der Waals surface area contributed by atoms with Crippen LogP contribution in [-0.2, 0) is 0 Å². The van der Waals surface area contributed by atoms with Gasteiger partial charge < -0.3 is 10.2 Å². The van der Waals surface area contributed by atoms with Crippen LogP contribution in [0.5, 0.6) is 0 Å². The third-order valence-electron chi connectivity index (χ3n) is 3.26. The summed E-state index contributed by atoms with van der Waals surface area (Å²) >= 11 is 0. The highest BCUT2D eigenvalue weighted by Gasteiger charge is 2.13. The lowest BCUT2D eigenvalue weighted by Gasteiger charge is -2.23. The summed E-state index contributed by atoms with van der Waals surface area (Å²) in [5.74, 6) is 3.01. The van der Waals surface area contributed by atoms with Gasteiger partial charge in [0.25, 0.3) is 0 Å². The molecule has 1 aromatic carbocycles. The smallest absolute Gasteiger partial charge is 0.138 e. The average molecular weight is 284 g/mol. The second kappa shape index (κ2) is 7.07. The number of nitrogens with zero attached hydrogens (tertiary/aromatic N) is 3. The largest absolute Gasteiger partial charge is 0.370 e. The van der Waals surface area contributed by atoms with Crippen molar-refractivity contribution in [2.75, 3.05) is 23.3 Å². The monoisotopic (exact) mass is 284 g/mol. The molecule has 4 heteroatoms. The number of aromatic nitrogens is 2. The fourth-order valence-corrected chi connectivity index (χ4v) is 2.21. The van der Waals surface area contributed by atoms with Crippen molar-refractivity contribution in [1.82, 2.24) is 9.97 Å². The van der Waals surface area contributed by atoms with E-state index < -0.39 is 0 Å². The van der Waals surface area contributed by atoms with Gasteiger partial charge in [-0.15, -0.1) is 0 Å². The third-order valence-corrected chi connectivity index (χ3v) is 3.26. The molecule has 0 unspecified atom stereocenters. The van der Waals surface area contributed by atoms with Crippen molar-refractivity contribution in [2.45, 2.75) is 33.6 Å². The van der Waals surface area contributed by atoms with Crippen LogP contribution in [0.2, 0.25) is 0 Å². The molecule has 1 N–H and O–H groups in total. The van der Waals surface area contributed by atoms with Crippen LogP contribution in [0.3, 0.4) is 0 Å². The van der Waals surface area contributed by atoms with Crippen molar-refractivity contribution in [2.24, 2.45) is 0 Å². The van der Waals surface area contributed by atoms with Crippen LogP contribution in [0.25, 0.3) is 0 Å². The highest BCUT2D eigenvalue weighted by atomic mass is 15.2. The zero-order valence-corrected chi connectivity index (χ0v) is 13.3. The molecule has 4 nitrogen and oxygen atoms in total. The van der Waals surface area contributed by atoms with E-state index in [-0.39, 0.29) is 0 Å². The van der Waals surface area contributed by atoms with Gasteiger partial charge in [0.1, 0.15) is 17.5 Å². The molecule has 2 aromatic rings. The molecule has 1 aromatic heterocycles. The normalized spacial score (nSPS) is 10.7. The number of nitrogens with one attached hydrogen (secondary N) is 1. The van der Waals surface area contributed by atoms with Crippen molar-refractivity contribution in [1.29, 1.82) is 0 Å². The first-order valence-electron chi connectivity index (χ1n) is 7.61. The zero-order valence-electron chi connectivity index (χ0n) is 13.3. The van der Waals surface area contributed by atoms with E-state index in [1.165, 1.54) is 0 Å². The molecule has 0 spiro atoms. The Morgan fingerprint density at radius 2 is 1.81 bits per heavy atom. The molecule has 0 aliphatic carbocycles. The first-order valence-corrected chi connectivity index (χ1v) is 7.61. The van der Waals surface area contributed by atoms with Crippen LogP contribution >= 0.6 is 0 Å². The fourth-order valence-electron chi connectivity index (χ4n) is 2.21. The topological polar surface area (TPSA) is 41.0 Å². The summed E-state index contributed by atoms with van der Waals surface area (Å²) in [6.07, 6.45) is 0. The highest BCUT2D eigenvalue weighted by molar-refractivity contribution is 5.62. The van der Waals surface area contributed by atoms with Gasteiger partial charge in [0, 0.05) is 30.8 Å². The van der Waals surface area contributed by atoms with E-state index in [1.54, 1.807) is 0 Å². The van der Waals surface area contributed by atoms with Crippen LogP contribution in [0.15, 0.2) is 36.4 Å². The first kappa shape index (κ1) is 15.3. The minimum Gasteiger partial charge on any atom is -0.370 e. The SMILES string of the molecule is CCNc1cc(N(CC)c2ccccc2)nc(C(C)C)n1. The Labute approximate surface area is 127 Å². The summed E-state index contributed by atoms with van der Waals surface area (Å²) in [6, 6.07) is 12.4. The molecule has 0 amide bonds. The van der Waals surface area contributed by atoms with Crippen molar-refractivity contribution in [3.8, 4) is 0 Å². The Morgan fingerprint density at radius 3 is 2.38 bits per heavy atom. The Bertz CT molecular complexity index is 566. The van der Waals surface area contributed by atoms with E-state index in [1.807, 2.05) is 24.3 Å². The van der Waals surface area contributed by atoms with Crippen molar-refractivity contribution < 1.29 is 0 Å². The van der Waals surface area contributed by atoms with E-state index in [4.69, 9.17) is 4.98 Å². The van der Waals surface area contributed by atoms with Gasteiger partial charge in [-0.25, -0.2) is 9.97 Å². The molecule has 0 radical (unpaired) electrons. The van der Waals surface area contributed by atoms with E-state index in [2.05, 4.69) is 55.0 Å². The molecule has 0 saturated carbocycles. The van der Waals surface area contributed by atoms with Crippen molar-refractivity contribution in [3.63, 3.8) is 0 Å². The number of rotatable bonds is 6. The number of benzene rings is 1. The van der Waals surface area contributed by atoms with Gasteiger partial charge in [-0.1, -0.05) is 32.0 Å². The summed E-state index contributed by atoms with van der Waals surface area (Å²) < 4.78 is 0. The zero-order chi connectivity index (χ0) is 15.2. The van der Waals surface area contributed by atoms with Gasteiger partial charge in [0.05, 0.1) is 0 Å². The van der Waals surface area contributed by atoms with E-state index >= 15 is 0 Å². The lowest BCUT2D eigenvalue weighted by atomic mass is 10.2. The van der Waals surface area contributed by atoms with E-state index in [9.17, 15) is 0 Å². The first-order chi connectivity index (χ1) is 10.2. The van der Waals surface area contributed by atoms with Gasteiger partial charge in [0.15, 0.2) is 0 Å². The molecular weight excluding hydrogens is 260 g/mol. The quantitative estimate of drug-likeness (QED) is 0.863. The molecule has 21 heavy (non-hydrogen) atoms. The molecule has 0 aliphatic rings. The predicted octanol–water partition coefficient (Wildman–Crippen LogP) is 4.19. The number of anilines is 3. The summed E-state index contributed by atoms with van der Waals surface area (Å²) in [4.78, 5) is 11.5. The number of hydrogen-bond donors (Lipinski definition) is 1. The maximum atomic E-state index is 4.74. The Hall–Kier alpha value is -2.10. The number of hydrogen-bond acceptors (Lipinski definition) is 4. The summed E-state index contributed by atoms with van der Waals surface area (Å²) in [5, 5.41) is 3.30. The molecule has 0 fully saturated rings. The third kappa shape index (κ3) is 3.72. The molecule has 0 saturated heterocycles. The molecule has 0 atom stereocenters. The minimum absolute atomic E-state index is 0.303. The van der Waals surface area contributed by atoms with Crippen LogP contribution in [0.4, 0.5) is 17.3 Å². The van der Waals surface area contributed by atoms with Gasteiger partial charge in [0.2, 0.25) is 0 Å². The van der Waals surface area contributed by atoms with Crippen LogP contribution < -0.4 is 10.2 Å². The Kier molecular flexibility index (Phi) is 5.14. The molecule has 0 bridgehead atoms. The predicted molar refractivity (Wildman–Crippen MR) is 89.4 cm³/mol. The lowest BCUT2D eigenvalue weighted by molar-refractivity contribution is 0.769. The maximum Gasteiger partial charge on any atom is 0.138 e. The lowest BCUT2D eigenvalue weighted by Crippen LogP contribution is -2.19. The molecule has 1 heterocycles. The summed E-state index contributed by atoms with van der Waals surface area (Å²) in [7, 11) is 0. The van der Waals surface area contributed by atoms with Crippen LogP contribution in [0.1, 0.15) is 39.4 Å². The fraction of sp³-hybridized carbons (Fsp3) is 0.412. The Morgan fingerprint density at radius 1 is 1.10 bits per heavy atom. The second-order valence-electron chi connectivity index (χ2n) is 5.23. The van der Waals surface area contributed by atoms with Crippen molar-refractivity contribution in [3.05, 3.63) is 42.2 Å². The Balaban J connectivity index is 2.44. The summed E-state index contributed by atoms with van der Waals surface area (Å²) in [5.41, 5.74) is 1.15. The molecule has 2 rings (SSSR count).